The zero-order valence-electron chi connectivity index (χ0n) is 5.67. The van der Waals surface area contributed by atoms with E-state index in [2.05, 4.69) is 5.43 Å². The summed E-state index contributed by atoms with van der Waals surface area (Å²) in [7, 11) is 0. The molecule has 0 saturated heterocycles. The average Bonchev–Trinajstić information content (AvgIpc) is 2.04. The van der Waals surface area contributed by atoms with Gasteiger partial charge in [-0.05, 0) is 6.07 Å². The van der Waals surface area contributed by atoms with Gasteiger partial charge in [0.25, 0.3) is 0 Å². The van der Waals surface area contributed by atoms with Gasteiger partial charge in [0, 0.05) is 5.56 Å². The molecule has 4 heteroatoms. The van der Waals surface area contributed by atoms with E-state index in [4.69, 9.17) is 29.7 Å². The minimum absolute atomic E-state index is 0.454. The molecule has 0 heterocycles. The van der Waals surface area contributed by atoms with Crippen LogP contribution < -0.4 is 11.3 Å². The van der Waals surface area contributed by atoms with Gasteiger partial charge in [-0.25, -0.2) is 5.84 Å². The normalized spacial score (nSPS) is 9.27. The first-order valence-corrected chi connectivity index (χ1v) is 3.80. The topological polar surface area (TPSA) is 38.0 Å². The van der Waals surface area contributed by atoms with Crippen molar-refractivity contribution in [2.24, 2.45) is 5.84 Å². The van der Waals surface area contributed by atoms with Crippen molar-refractivity contribution in [1.82, 2.24) is 5.43 Å². The number of nitrogens with two attached hydrogens (primary N) is 1. The Hall–Kier alpha value is -0.640. The van der Waals surface area contributed by atoms with Gasteiger partial charge in [0.15, 0.2) is 0 Å². The summed E-state index contributed by atoms with van der Waals surface area (Å²) in [6.45, 7) is 0. The number of halogens is 1. The molecule has 0 bridgehead atoms. The van der Waals surface area contributed by atoms with Crippen LogP contribution in [-0.4, -0.2) is 4.99 Å². The maximum absolute atomic E-state index is 5.81. The third-order valence-corrected chi connectivity index (χ3v) is 1.92. The number of nitrogens with one attached hydrogen (secondary N) is 1. The van der Waals surface area contributed by atoms with Crippen LogP contribution in [0.1, 0.15) is 5.56 Å². The first kappa shape index (κ1) is 8.46. The Morgan fingerprint density at radius 2 is 2.09 bits per heavy atom. The van der Waals surface area contributed by atoms with Crippen LogP contribution in [0.15, 0.2) is 24.3 Å². The lowest BCUT2D eigenvalue weighted by Crippen LogP contribution is -2.29. The van der Waals surface area contributed by atoms with E-state index in [-0.39, 0.29) is 0 Å². The van der Waals surface area contributed by atoms with E-state index >= 15 is 0 Å². The molecule has 0 aromatic heterocycles. The van der Waals surface area contributed by atoms with E-state index in [1.807, 2.05) is 18.2 Å². The van der Waals surface area contributed by atoms with Crippen molar-refractivity contribution in [1.29, 1.82) is 0 Å². The minimum atomic E-state index is 0.454. The third-order valence-electron chi connectivity index (χ3n) is 1.25. The van der Waals surface area contributed by atoms with Crippen LogP contribution in [0, 0.1) is 0 Å². The second-order valence-corrected chi connectivity index (χ2v) is 2.77. The van der Waals surface area contributed by atoms with Crippen LogP contribution >= 0.6 is 23.8 Å². The smallest absolute Gasteiger partial charge is 0.122 e. The summed E-state index contributed by atoms with van der Waals surface area (Å²) >= 11 is 10.7. The quantitative estimate of drug-likeness (QED) is 0.397. The fraction of sp³-hybridized carbons (Fsp3) is 0. The first-order chi connectivity index (χ1) is 5.25. The predicted octanol–water partition coefficient (Wildman–Crippen LogP) is 1.48. The standard InChI is InChI=1S/C7H7ClN2S/c8-6-4-2-1-3-5(6)7(11)10-9/h1-4H,9H2,(H,10,11). The molecular weight excluding hydrogens is 180 g/mol. The highest BCUT2D eigenvalue weighted by Crippen LogP contribution is 2.14. The van der Waals surface area contributed by atoms with Crippen molar-refractivity contribution in [3.63, 3.8) is 0 Å². The number of hydrogen-bond donors (Lipinski definition) is 2. The lowest BCUT2D eigenvalue weighted by Gasteiger charge is -2.03. The second kappa shape index (κ2) is 3.67. The van der Waals surface area contributed by atoms with Crippen LogP contribution in [0.25, 0.3) is 0 Å². The lowest BCUT2D eigenvalue weighted by atomic mass is 10.2. The largest absolute Gasteiger partial charge is 0.314 e. The van der Waals surface area contributed by atoms with Crippen LogP contribution in [0.5, 0.6) is 0 Å². The summed E-state index contributed by atoms with van der Waals surface area (Å²) in [6.07, 6.45) is 0. The van der Waals surface area contributed by atoms with E-state index in [1.54, 1.807) is 6.07 Å². The summed E-state index contributed by atoms with van der Waals surface area (Å²) in [4.78, 5) is 0.454. The fourth-order valence-electron chi connectivity index (χ4n) is 0.723. The van der Waals surface area contributed by atoms with Crippen LogP contribution in [-0.2, 0) is 0 Å². The van der Waals surface area contributed by atoms with Crippen molar-refractivity contribution in [2.45, 2.75) is 0 Å². The van der Waals surface area contributed by atoms with E-state index < -0.39 is 0 Å². The van der Waals surface area contributed by atoms with Gasteiger partial charge < -0.3 is 5.43 Å². The van der Waals surface area contributed by atoms with Crippen LogP contribution in [0.3, 0.4) is 0 Å². The molecule has 58 valence electrons. The number of thiocarbonyl (C=S) groups is 1. The molecule has 0 aliphatic carbocycles. The van der Waals surface area contributed by atoms with Crippen molar-refractivity contribution in [2.75, 3.05) is 0 Å². The van der Waals surface area contributed by atoms with E-state index in [9.17, 15) is 0 Å². The maximum Gasteiger partial charge on any atom is 0.122 e. The molecule has 1 aromatic rings. The molecule has 1 aromatic carbocycles. The fourth-order valence-corrected chi connectivity index (χ4v) is 1.19. The Bertz CT molecular complexity index is 275. The molecule has 3 N–H and O–H groups in total. The molecule has 0 spiro atoms. The molecule has 0 fully saturated rings. The highest BCUT2D eigenvalue weighted by Gasteiger charge is 2.01. The molecule has 0 saturated carbocycles. The van der Waals surface area contributed by atoms with Crippen molar-refractivity contribution >= 4 is 28.8 Å². The maximum atomic E-state index is 5.81. The molecule has 2 nitrogen and oxygen atoms in total. The number of rotatable bonds is 1. The second-order valence-electron chi connectivity index (χ2n) is 1.95. The van der Waals surface area contributed by atoms with Gasteiger partial charge >= 0.3 is 0 Å². The van der Waals surface area contributed by atoms with Gasteiger partial charge in [-0.15, -0.1) is 0 Å². The SMILES string of the molecule is NNC(=S)c1ccccc1Cl. The van der Waals surface area contributed by atoms with Gasteiger partial charge in [-0.1, -0.05) is 42.0 Å². The molecule has 0 aliphatic rings. The van der Waals surface area contributed by atoms with E-state index in [0.717, 1.165) is 5.56 Å². The van der Waals surface area contributed by atoms with E-state index in [0.29, 0.717) is 10.0 Å². The Labute approximate surface area is 75.3 Å². The monoisotopic (exact) mass is 186 g/mol. The predicted molar refractivity (Wildman–Crippen MR) is 50.5 cm³/mol. The van der Waals surface area contributed by atoms with Gasteiger partial charge in [0.05, 0.1) is 5.02 Å². The highest BCUT2D eigenvalue weighted by molar-refractivity contribution is 7.80. The Kier molecular flexibility index (Phi) is 2.82. The Morgan fingerprint density at radius 1 is 1.45 bits per heavy atom. The molecule has 0 amide bonds. The molecule has 11 heavy (non-hydrogen) atoms. The van der Waals surface area contributed by atoms with Crippen molar-refractivity contribution in [3.05, 3.63) is 34.9 Å². The zero-order chi connectivity index (χ0) is 8.27. The molecule has 0 radical (unpaired) electrons. The van der Waals surface area contributed by atoms with Gasteiger partial charge in [-0.2, -0.15) is 0 Å². The third kappa shape index (κ3) is 1.89. The average molecular weight is 187 g/mol. The zero-order valence-corrected chi connectivity index (χ0v) is 7.25. The van der Waals surface area contributed by atoms with Gasteiger partial charge in [0.1, 0.15) is 4.99 Å². The summed E-state index contributed by atoms with van der Waals surface area (Å²) in [5.41, 5.74) is 3.13. The van der Waals surface area contributed by atoms with Crippen molar-refractivity contribution in [3.8, 4) is 0 Å². The van der Waals surface area contributed by atoms with Crippen LogP contribution in [0.4, 0.5) is 0 Å². The highest BCUT2D eigenvalue weighted by atomic mass is 35.5. The van der Waals surface area contributed by atoms with Gasteiger partial charge in [0.2, 0.25) is 0 Å². The van der Waals surface area contributed by atoms with Gasteiger partial charge in [-0.3, -0.25) is 0 Å². The Balaban J connectivity index is 3.03. The molecule has 0 atom stereocenters. The summed E-state index contributed by atoms with van der Waals surface area (Å²) in [5.74, 6) is 5.12. The number of hydrogen-bond acceptors (Lipinski definition) is 2. The molecule has 0 aliphatic heterocycles. The summed E-state index contributed by atoms with van der Waals surface area (Å²) < 4.78 is 0. The molecule has 0 unspecified atom stereocenters. The summed E-state index contributed by atoms with van der Waals surface area (Å²) in [6, 6.07) is 7.26. The molecule has 1 rings (SSSR count). The number of hydrazine groups is 1. The first-order valence-electron chi connectivity index (χ1n) is 3.01. The minimum Gasteiger partial charge on any atom is -0.314 e. The summed E-state index contributed by atoms with van der Waals surface area (Å²) in [5, 5.41) is 0.607. The molecular formula is C7H7ClN2S. The van der Waals surface area contributed by atoms with Crippen molar-refractivity contribution < 1.29 is 0 Å². The van der Waals surface area contributed by atoms with Crippen LogP contribution in [0.2, 0.25) is 5.02 Å². The Morgan fingerprint density at radius 3 is 2.64 bits per heavy atom. The lowest BCUT2D eigenvalue weighted by molar-refractivity contribution is 1.05. The van der Waals surface area contributed by atoms with E-state index in [1.165, 1.54) is 0 Å². The number of benzene rings is 1.